The lowest BCUT2D eigenvalue weighted by molar-refractivity contribution is 0.198. The van der Waals surface area contributed by atoms with Gasteiger partial charge in [-0.15, -0.1) is 0 Å². The second-order valence-electron chi connectivity index (χ2n) is 5.85. The van der Waals surface area contributed by atoms with E-state index in [4.69, 9.17) is 28.9 Å². The van der Waals surface area contributed by atoms with Crippen LogP contribution in [0.2, 0.25) is 10.0 Å². The first-order valence-electron chi connectivity index (χ1n) is 6.09. The van der Waals surface area contributed by atoms with E-state index < -0.39 is 0 Å². The lowest BCUT2D eigenvalue weighted by Gasteiger charge is -2.39. The Morgan fingerprint density at radius 1 is 1.24 bits per heavy atom. The van der Waals surface area contributed by atoms with E-state index in [-0.39, 0.29) is 6.04 Å². The molecule has 3 heteroatoms. The number of rotatable bonds is 1. The summed E-state index contributed by atoms with van der Waals surface area (Å²) in [5, 5.41) is 1.24. The van der Waals surface area contributed by atoms with Crippen LogP contribution in [0.5, 0.6) is 0 Å². The number of hydrogen-bond donors (Lipinski definition) is 1. The Labute approximate surface area is 113 Å². The van der Waals surface area contributed by atoms with Crippen molar-refractivity contribution in [2.45, 2.75) is 45.1 Å². The van der Waals surface area contributed by atoms with Crippen molar-refractivity contribution < 1.29 is 0 Å². The highest BCUT2D eigenvalue weighted by molar-refractivity contribution is 6.42. The van der Waals surface area contributed by atoms with Gasteiger partial charge in [-0.3, -0.25) is 0 Å². The lowest BCUT2D eigenvalue weighted by atomic mass is 9.68. The van der Waals surface area contributed by atoms with Crippen LogP contribution >= 0.6 is 23.2 Å². The van der Waals surface area contributed by atoms with Gasteiger partial charge in [0.15, 0.2) is 0 Å². The lowest BCUT2D eigenvalue weighted by Crippen LogP contribution is -2.37. The van der Waals surface area contributed by atoms with Gasteiger partial charge in [0.2, 0.25) is 0 Å². The standard InChI is InChI=1S/C14H19Cl2N/c1-14(2)6-5-13(17)10(8-14)9-3-4-11(15)12(16)7-9/h3-4,7,10,13H,5-6,8,17H2,1-2H3. The van der Waals surface area contributed by atoms with E-state index in [1.165, 1.54) is 12.0 Å². The minimum absolute atomic E-state index is 0.236. The summed E-state index contributed by atoms with van der Waals surface area (Å²) in [5.41, 5.74) is 7.83. The van der Waals surface area contributed by atoms with E-state index in [1.807, 2.05) is 12.1 Å². The highest BCUT2D eigenvalue weighted by Crippen LogP contribution is 2.43. The van der Waals surface area contributed by atoms with Gasteiger partial charge in [-0.2, -0.15) is 0 Å². The van der Waals surface area contributed by atoms with Crippen molar-refractivity contribution in [2.24, 2.45) is 11.1 Å². The van der Waals surface area contributed by atoms with Gasteiger partial charge in [0.1, 0.15) is 0 Å². The summed E-state index contributed by atoms with van der Waals surface area (Å²) >= 11 is 12.0. The Hall–Kier alpha value is -0.240. The largest absolute Gasteiger partial charge is 0.327 e. The molecule has 0 bridgehead atoms. The fourth-order valence-electron chi connectivity index (χ4n) is 2.72. The SMILES string of the molecule is CC1(C)CCC(N)C(c2ccc(Cl)c(Cl)c2)C1. The van der Waals surface area contributed by atoms with Gasteiger partial charge >= 0.3 is 0 Å². The molecule has 0 saturated heterocycles. The van der Waals surface area contributed by atoms with Crippen LogP contribution in [0, 0.1) is 5.41 Å². The van der Waals surface area contributed by atoms with Crippen molar-refractivity contribution in [3.63, 3.8) is 0 Å². The van der Waals surface area contributed by atoms with E-state index in [1.54, 1.807) is 0 Å². The average molecular weight is 272 g/mol. The number of benzene rings is 1. The third-order valence-corrected chi connectivity index (χ3v) is 4.55. The molecule has 1 saturated carbocycles. The maximum Gasteiger partial charge on any atom is 0.0595 e. The van der Waals surface area contributed by atoms with Crippen LogP contribution in [0.25, 0.3) is 0 Å². The summed E-state index contributed by atoms with van der Waals surface area (Å²) in [7, 11) is 0. The summed E-state index contributed by atoms with van der Waals surface area (Å²) in [6.45, 7) is 4.62. The van der Waals surface area contributed by atoms with Crippen molar-refractivity contribution >= 4 is 23.2 Å². The Balaban J connectivity index is 2.28. The molecule has 2 rings (SSSR count). The Morgan fingerprint density at radius 2 is 1.94 bits per heavy atom. The number of hydrogen-bond acceptors (Lipinski definition) is 1. The summed E-state index contributed by atoms with van der Waals surface area (Å²) in [4.78, 5) is 0. The third kappa shape index (κ3) is 2.96. The second kappa shape index (κ2) is 4.79. The molecule has 0 radical (unpaired) electrons. The molecule has 0 amide bonds. The smallest absolute Gasteiger partial charge is 0.0595 e. The third-order valence-electron chi connectivity index (χ3n) is 3.82. The quantitative estimate of drug-likeness (QED) is 0.793. The molecule has 1 fully saturated rings. The van der Waals surface area contributed by atoms with Crippen LogP contribution < -0.4 is 5.73 Å². The second-order valence-corrected chi connectivity index (χ2v) is 6.67. The summed E-state index contributed by atoms with van der Waals surface area (Å²) in [6, 6.07) is 6.13. The van der Waals surface area contributed by atoms with Crippen LogP contribution in [0.3, 0.4) is 0 Å². The van der Waals surface area contributed by atoms with Gasteiger partial charge in [-0.05, 0) is 48.3 Å². The molecule has 0 spiro atoms. The van der Waals surface area contributed by atoms with Gasteiger partial charge in [0.25, 0.3) is 0 Å². The Morgan fingerprint density at radius 3 is 2.59 bits per heavy atom. The van der Waals surface area contributed by atoms with Crippen LogP contribution in [0.15, 0.2) is 18.2 Å². The van der Waals surface area contributed by atoms with Gasteiger partial charge in [0.05, 0.1) is 10.0 Å². The van der Waals surface area contributed by atoms with E-state index in [2.05, 4.69) is 19.9 Å². The molecule has 1 aromatic rings. The monoisotopic (exact) mass is 271 g/mol. The minimum atomic E-state index is 0.236. The molecule has 2 unspecified atom stereocenters. The van der Waals surface area contributed by atoms with E-state index in [0.29, 0.717) is 21.4 Å². The predicted octanol–water partition coefficient (Wildman–Crippen LogP) is 4.61. The molecule has 1 nitrogen and oxygen atoms in total. The highest BCUT2D eigenvalue weighted by atomic mass is 35.5. The maximum atomic E-state index is 6.24. The van der Waals surface area contributed by atoms with Crippen molar-refractivity contribution in [3.05, 3.63) is 33.8 Å². The van der Waals surface area contributed by atoms with Gasteiger partial charge in [-0.25, -0.2) is 0 Å². The van der Waals surface area contributed by atoms with Crippen molar-refractivity contribution in [1.82, 2.24) is 0 Å². The summed E-state index contributed by atoms with van der Waals surface area (Å²) in [6.07, 6.45) is 3.40. The van der Waals surface area contributed by atoms with Crippen LogP contribution in [0.4, 0.5) is 0 Å². The topological polar surface area (TPSA) is 26.0 Å². The molecule has 17 heavy (non-hydrogen) atoms. The first-order valence-corrected chi connectivity index (χ1v) is 6.85. The molecule has 1 aliphatic rings. The molecular weight excluding hydrogens is 253 g/mol. The zero-order valence-corrected chi connectivity index (χ0v) is 11.9. The first-order chi connectivity index (χ1) is 7.89. The van der Waals surface area contributed by atoms with E-state index in [9.17, 15) is 0 Å². The van der Waals surface area contributed by atoms with Gasteiger partial charge in [0, 0.05) is 6.04 Å². The summed E-state index contributed by atoms with van der Waals surface area (Å²) < 4.78 is 0. The van der Waals surface area contributed by atoms with Crippen LogP contribution in [-0.4, -0.2) is 6.04 Å². The zero-order valence-electron chi connectivity index (χ0n) is 10.3. The summed E-state index contributed by atoms with van der Waals surface area (Å²) in [5.74, 6) is 0.397. The highest BCUT2D eigenvalue weighted by Gasteiger charge is 2.33. The average Bonchev–Trinajstić information content (AvgIpc) is 2.26. The van der Waals surface area contributed by atoms with Crippen molar-refractivity contribution in [2.75, 3.05) is 0 Å². The molecule has 0 aromatic heterocycles. The normalized spacial score (nSPS) is 28.1. The molecule has 2 N–H and O–H groups in total. The maximum absolute atomic E-state index is 6.24. The molecule has 1 aliphatic carbocycles. The number of nitrogens with two attached hydrogens (primary N) is 1. The minimum Gasteiger partial charge on any atom is -0.327 e. The fraction of sp³-hybridized carbons (Fsp3) is 0.571. The first kappa shape index (κ1) is 13.2. The molecule has 2 atom stereocenters. The zero-order chi connectivity index (χ0) is 12.6. The fourth-order valence-corrected chi connectivity index (χ4v) is 3.02. The molecule has 1 aromatic carbocycles. The molecular formula is C14H19Cl2N. The van der Waals surface area contributed by atoms with Crippen molar-refractivity contribution in [1.29, 1.82) is 0 Å². The Kier molecular flexibility index (Phi) is 3.72. The molecule has 0 heterocycles. The Bertz CT molecular complexity index is 415. The van der Waals surface area contributed by atoms with Crippen LogP contribution in [0.1, 0.15) is 44.6 Å². The molecule has 94 valence electrons. The predicted molar refractivity (Wildman–Crippen MR) is 74.8 cm³/mol. The number of halogens is 2. The van der Waals surface area contributed by atoms with Gasteiger partial charge in [-0.1, -0.05) is 43.1 Å². The van der Waals surface area contributed by atoms with E-state index in [0.717, 1.165) is 12.8 Å². The van der Waals surface area contributed by atoms with Gasteiger partial charge < -0.3 is 5.73 Å². The van der Waals surface area contributed by atoms with Crippen molar-refractivity contribution in [3.8, 4) is 0 Å². The van der Waals surface area contributed by atoms with E-state index >= 15 is 0 Å². The molecule has 0 aliphatic heterocycles. The van der Waals surface area contributed by atoms with Crippen LogP contribution in [-0.2, 0) is 0 Å².